The summed E-state index contributed by atoms with van der Waals surface area (Å²) in [6.45, 7) is 2.99. The number of aryl methyl sites for hydroxylation is 1. The van der Waals surface area contributed by atoms with E-state index in [9.17, 15) is 22.0 Å². The van der Waals surface area contributed by atoms with Crippen LogP contribution in [0.2, 0.25) is 0 Å². The summed E-state index contributed by atoms with van der Waals surface area (Å²) < 4.78 is 53.2. The van der Waals surface area contributed by atoms with Gasteiger partial charge in [0.15, 0.2) is 0 Å². The summed E-state index contributed by atoms with van der Waals surface area (Å²) in [6, 6.07) is 1.52. The molecule has 0 bridgehead atoms. The van der Waals surface area contributed by atoms with Crippen LogP contribution in [-0.2, 0) is 14.8 Å². The fourth-order valence-corrected chi connectivity index (χ4v) is 4.35. The van der Waals surface area contributed by atoms with Gasteiger partial charge in [-0.05, 0) is 30.9 Å². The van der Waals surface area contributed by atoms with Crippen LogP contribution < -0.4 is 0 Å². The normalized spacial score (nSPS) is 23.5. The minimum atomic E-state index is -4.12. The first-order valence-corrected chi connectivity index (χ1v) is 8.27. The fraction of sp³-hybridized carbons (Fsp3) is 0.500. The highest BCUT2D eigenvalue weighted by molar-refractivity contribution is 7.89. The van der Waals surface area contributed by atoms with Gasteiger partial charge in [0, 0.05) is 19.2 Å². The zero-order chi connectivity index (χ0) is 16.7. The topological polar surface area (TPSA) is 74.7 Å². The Morgan fingerprint density at radius 2 is 1.95 bits per heavy atom. The second-order valence-electron chi connectivity index (χ2n) is 5.61. The van der Waals surface area contributed by atoms with Crippen molar-refractivity contribution in [2.45, 2.75) is 25.2 Å². The number of carboxylic acids is 1. The Morgan fingerprint density at radius 3 is 2.50 bits per heavy atom. The molecule has 1 N–H and O–H groups in total. The van der Waals surface area contributed by atoms with E-state index in [1.54, 1.807) is 6.92 Å². The summed E-state index contributed by atoms with van der Waals surface area (Å²) >= 11 is 0. The van der Waals surface area contributed by atoms with Crippen molar-refractivity contribution in [3.63, 3.8) is 0 Å². The number of sulfonamides is 1. The van der Waals surface area contributed by atoms with E-state index < -0.39 is 38.4 Å². The summed E-state index contributed by atoms with van der Waals surface area (Å²) in [6.07, 6.45) is 0.164. The number of halogens is 2. The maximum absolute atomic E-state index is 13.8. The van der Waals surface area contributed by atoms with Crippen molar-refractivity contribution >= 4 is 16.0 Å². The van der Waals surface area contributed by atoms with Gasteiger partial charge in [-0.25, -0.2) is 17.2 Å². The highest BCUT2D eigenvalue weighted by Crippen LogP contribution is 2.29. The van der Waals surface area contributed by atoms with Crippen LogP contribution in [0.25, 0.3) is 0 Å². The van der Waals surface area contributed by atoms with Crippen molar-refractivity contribution in [1.82, 2.24) is 4.31 Å². The van der Waals surface area contributed by atoms with Crippen molar-refractivity contribution < 1.29 is 27.1 Å². The molecule has 1 fully saturated rings. The van der Waals surface area contributed by atoms with Gasteiger partial charge in [0.25, 0.3) is 0 Å². The Kier molecular flexibility index (Phi) is 4.53. The molecule has 1 saturated heterocycles. The molecule has 2 rings (SSSR count). The molecule has 0 radical (unpaired) electrons. The van der Waals surface area contributed by atoms with Gasteiger partial charge >= 0.3 is 5.97 Å². The number of rotatable bonds is 3. The van der Waals surface area contributed by atoms with E-state index in [2.05, 4.69) is 0 Å². The third-order valence-electron chi connectivity index (χ3n) is 4.02. The lowest BCUT2D eigenvalue weighted by Gasteiger charge is -2.34. The van der Waals surface area contributed by atoms with Gasteiger partial charge in [0.2, 0.25) is 10.0 Å². The summed E-state index contributed by atoms with van der Waals surface area (Å²) in [7, 11) is -4.12. The molecule has 1 aromatic rings. The Balaban J connectivity index is 2.33. The fourth-order valence-electron chi connectivity index (χ4n) is 2.66. The number of carbonyl (C=O) groups is 1. The molecule has 1 aliphatic rings. The molecular formula is C14H17F2NO4S. The molecule has 0 saturated carbocycles. The molecular weight excluding hydrogens is 316 g/mol. The smallest absolute Gasteiger partial charge is 0.306 e. The third-order valence-corrected chi connectivity index (χ3v) is 5.90. The van der Waals surface area contributed by atoms with Crippen LogP contribution in [-0.4, -0.2) is 36.9 Å². The number of nitrogens with zero attached hydrogens (tertiary/aromatic N) is 1. The predicted octanol–water partition coefficient (Wildman–Crippen LogP) is 2.00. The zero-order valence-electron chi connectivity index (χ0n) is 12.2. The number of piperidine rings is 1. The minimum Gasteiger partial charge on any atom is -0.481 e. The van der Waals surface area contributed by atoms with E-state index in [0.717, 1.165) is 10.4 Å². The first kappa shape index (κ1) is 16.8. The van der Waals surface area contributed by atoms with E-state index in [1.165, 1.54) is 6.92 Å². The molecule has 1 aliphatic heterocycles. The second kappa shape index (κ2) is 5.92. The summed E-state index contributed by atoms with van der Waals surface area (Å²) in [5.74, 6) is -3.92. The van der Waals surface area contributed by atoms with Crippen molar-refractivity contribution in [1.29, 1.82) is 0 Å². The lowest BCUT2D eigenvalue weighted by atomic mass is 9.88. The number of aliphatic carboxylic acids is 1. The van der Waals surface area contributed by atoms with Gasteiger partial charge in [-0.2, -0.15) is 4.31 Å². The largest absolute Gasteiger partial charge is 0.481 e. The van der Waals surface area contributed by atoms with Crippen molar-refractivity contribution in [3.8, 4) is 0 Å². The Hall–Kier alpha value is -1.54. The molecule has 1 aromatic carbocycles. The summed E-state index contributed by atoms with van der Waals surface area (Å²) in [5.41, 5.74) is 0.0356. The monoisotopic (exact) mass is 333 g/mol. The van der Waals surface area contributed by atoms with Gasteiger partial charge in [-0.15, -0.1) is 0 Å². The lowest BCUT2D eigenvalue weighted by Crippen LogP contribution is -2.45. The van der Waals surface area contributed by atoms with E-state index in [-0.39, 0.29) is 31.0 Å². The molecule has 0 spiro atoms. The standard InChI is InChI=1S/C14H17F2NO4S/c1-8-5-13(12(16)6-11(8)15)22(20,21)17-4-3-10(14(18)19)9(2)7-17/h5-6,9-10H,3-4,7H2,1-2H3,(H,18,19). The molecule has 22 heavy (non-hydrogen) atoms. The van der Waals surface area contributed by atoms with Crippen molar-refractivity contribution in [2.75, 3.05) is 13.1 Å². The van der Waals surface area contributed by atoms with Crippen LogP contribution in [0, 0.1) is 30.4 Å². The van der Waals surface area contributed by atoms with Gasteiger partial charge in [-0.1, -0.05) is 6.92 Å². The van der Waals surface area contributed by atoms with Crippen molar-refractivity contribution in [3.05, 3.63) is 29.3 Å². The van der Waals surface area contributed by atoms with E-state index in [1.807, 2.05) is 0 Å². The molecule has 0 amide bonds. The molecule has 0 aliphatic carbocycles. The minimum absolute atomic E-state index is 0.000492. The first-order chi connectivity index (χ1) is 10.1. The third kappa shape index (κ3) is 2.98. The van der Waals surface area contributed by atoms with Crippen LogP contribution in [0.1, 0.15) is 18.9 Å². The average molecular weight is 333 g/mol. The highest BCUT2D eigenvalue weighted by atomic mass is 32.2. The number of hydrogen-bond acceptors (Lipinski definition) is 3. The molecule has 5 nitrogen and oxygen atoms in total. The van der Waals surface area contributed by atoms with E-state index in [4.69, 9.17) is 5.11 Å². The average Bonchev–Trinajstić information content (AvgIpc) is 2.42. The molecule has 122 valence electrons. The van der Waals surface area contributed by atoms with Gasteiger partial charge in [0.1, 0.15) is 16.5 Å². The lowest BCUT2D eigenvalue weighted by molar-refractivity contribution is -0.144. The quantitative estimate of drug-likeness (QED) is 0.918. The zero-order valence-corrected chi connectivity index (χ0v) is 13.0. The second-order valence-corrected chi connectivity index (χ2v) is 7.51. The predicted molar refractivity (Wildman–Crippen MR) is 74.8 cm³/mol. The van der Waals surface area contributed by atoms with Crippen LogP contribution in [0.5, 0.6) is 0 Å². The van der Waals surface area contributed by atoms with E-state index >= 15 is 0 Å². The number of benzene rings is 1. The van der Waals surface area contributed by atoms with Gasteiger partial charge in [0.05, 0.1) is 5.92 Å². The maximum Gasteiger partial charge on any atom is 0.306 e. The molecule has 0 aromatic heterocycles. The Labute approximate surface area is 127 Å². The van der Waals surface area contributed by atoms with Crippen LogP contribution >= 0.6 is 0 Å². The van der Waals surface area contributed by atoms with Crippen LogP contribution in [0.3, 0.4) is 0 Å². The van der Waals surface area contributed by atoms with Crippen molar-refractivity contribution in [2.24, 2.45) is 11.8 Å². The van der Waals surface area contributed by atoms with E-state index in [0.29, 0.717) is 6.07 Å². The number of carboxylic acid groups (broad SMARTS) is 1. The molecule has 2 unspecified atom stereocenters. The molecule has 8 heteroatoms. The molecule has 1 heterocycles. The highest BCUT2D eigenvalue weighted by Gasteiger charge is 2.37. The van der Waals surface area contributed by atoms with Crippen LogP contribution in [0.4, 0.5) is 8.78 Å². The Morgan fingerprint density at radius 1 is 1.32 bits per heavy atom. The van der Waals surface area contributed by atoms with Crippen LogP contribution in [0.15, 0.2) is 17.0 Å². The first-order valence-electron chi connectivity index (χ1n) is 6.83. The Bertz CT molecular complexity index is 705. The maximum atomic E-state index is 13.8. The van der Waals surface area contributed by atoms with Gasteiger partial charge in [-0.3, -0.25) is 4.79 Å². The summed E-state index contributed by atoms with van der Waals surface area (Å²) in [4.78, 5) is 10.5. The summed E-state index contributed by atoms with van der Waals surface area (Å²) in [5, 5.41) is 9.06. The molecule has 2 atom stereocenters. The van der Waals surface area contributed by atoms with Gasteiger partial charge < -0.3 is 5.11 Å². The SMILES string of the molecule is Cc1cc(S(=O)(=O)N2CCC(C(=O)O)C(C)C2)c(F)cc1F. The number of hydrogen-bond donors (Lipinski definition) is 1.